The third kappa shape index (κ3) is 4.93. The molecule has 3 saturated heterocycles. The Hall–Kier alpha value is -1.34. The fourth-order valence-electron chi connectivity index (χ4n) is 4.80. The molecule has 3 aliphatic rings. The van der Waals surface area contributed by atoms with Crippen LogP contribution in [-0.2, 0) is 9.53 Å². The van der Waals surface area contributed by atoms with Crippen LogP contribution in [0.5, 0.6) is 0 Å². The quantitative estimate of drug-likeness (QED) is 0.704. The molecule has 4 rings (SSSR count). The second kappa shape index (κ2) is 9.86. The maximum Gasteiger partial charge on any atom is 0.253 e. The van der Waals surface area contributed by atoms with Crippen molar-refractivity contribution < 1.29 is 14.3 Å². The fraction of sp³-hybridized carbons (Fsp3) is 0.636. The van der Waals surface area contributed by atoms with Crippen LogP contribution in [0.2, 0.25) is 10.0 Å². The largest absolute Gasteiger partial charge is 0.378 e. The summed E-state index contributed by atoms with van der Waals surface area (Å²) in [6.45, 7) is 6.19. The molecule has 1 aromatic carbocycles. The highest BCUT2D eigenvalue weighted by Gasteiger charge is 2.33. The predicted octanol–water partition coefficient (Wildman–Crippen LogP) is 3.17. The predicted molar refractivity (Wildman–Crippen MR) is 117 cm³/mol. The first-order valence-corrected chi connectivity index (χ1v) is 11.6. The average Bonchev–Trinajstić information content (AvgIpc) is 2.81. The molecule has 3 fully saturated rings. The maximum atomic E-state index is 12.8. The van der Waals surface area contributed by atoms with E-state index in [1.165, 1.54) is 0 Å². The van der Waals surface area contributed by atoms with E-state index in [0.29, 0.717) is 40.8 Å². The Balaban J connectivity index is 1.24. The second-order valence-electron chi connectivity index (χ2n) is 8.40. The van der Waals surface area contributed by atoms with E-state index in [9.17, 15) is 9.59 Å². The van der Waals surface area contributed by atoms with Gasteiger partial charge in [0.2, 0.25) is 5.91 Å². The summed E-state index contributed by atoms with van der Waals surface area (Å²) in [5, 5.41) is 0.870. The van der Waals surface area contributed by atoms with Gasteiger partial charge in [-0.1, -0.05) is 23.2 Å². The highest BCUT2D eigenvalue weighted by Crippen LogP contribution is 2.27. The molecular formula is C22H29Cl2N3O3. The number of amides is 2. The topological polar surface area (TPSA) is 53.1 Å². The molecule has 8 heteroatoms. The minimum absolute atomic E-state index is 0.0156. The smallest absolute Gasteiger partial charge is 0.253 e. The molecule has 0 spiro atoms. The van der Waals surface area contributed by atoms with E-state index in [0.717, 1.165) is 65.0 Å². The monoisotopic (exact) mass is 453 g/mol. The molecule has 0 atom stereocenters. The zero-order valence-electron chi connectivity index (χ0n) is 17.2. The van der Waals surface area contributed by atoms with Gasteiger partial charge in [0.25, 0.3) is 5.91 Å². The number of carbonyl (C=O) groups is 2. The van der Waals surface area contributed by atoms with Crippen molar-refractivity contribution in [2.75, 3.05) is 52.5 Å². The second-order valence-corrected chi connectivity index (χ2v) is 9.21. The number of morpholine rings is 1. The molecule has 3 heterocycles. The summed E-state index contributed by atoms with van der Waals surface area (Å²) in [6.07, 6.45) is 3.79. The van der Waals surface area contributed by atoms with Gasteiger partial charge in [-0.3, -0.25) is 9.59 Å². The molecule has 0 N–H and O–H groups in total. The van der Waals surface area contributed by atoms with Gasteiger partial charge in [-0.15, -0.1) is 0 Å². The number of nitrogens with zero attached hydrogens (tertiary/aromatic N) is 3. The van der Waals surface area contributed by atoms with Crippen LogP contribution >= 0.6 is 23.2 Å². The van der Waals surface area contributed by atoms with Gasteiger partial charge in [-0.25, -0.2) is 0 Å². The number of rotatable bonds is 3. The number of halogens is 2. The van der Waals surface area contributed by atoms with Crippen molar-refractivity contribution in [3.8, 4) is 0 Å². The lowest BCUT2D eigenvalue weighted by molar-refractivity contribution is -0.141. The normalized spacial score (nSPS) is 22.3. The van der Waals surface area contributed by atoms with Gasteiger partial charge in [0.05, 0.1) is 23.3 Å². The molecule has 0 bridgehead atoms. The first kappa shape index (κ1) is 21.9. The van der Waals surface area contributed by atoms with Crippen molar-refractivity contribution in [1.29, 1.82) is 0 Å². The van der Waals surface area contributed by atoms with Crippen LogP contribution in [0.4, 0.5) is 0 Å². The number of piperidine rings is 2. The number of benzene rings is 1. The molecular weight excluding hydrogens is 425 g/mol. The van der Waals surface area contributed by atoms with E-state index in [1.54, 1.807) is 18.2 Å². The van der Waals surface area contributed by atoms with Gasteiger partial charge in [0, 0.05) is 43.7 Å². The SMILES string of the molecule is O=C(c1ccc(Cl)c(Cl)c1)N1CCC(N2CCC(C(=O)N3CCOCC3)CC2)CC1. The number of hydrogen-bond donors (Lipinski definition) is 0. The molecule has 0 aliphatic carbocycles. The lowest BCUT2D eigenvalue weighted by Crippen LogP contribution is -2.51. The van der Waals surface area contributed by atoms with Crippen LogP contribution in [0.15, 0.2) is 18.2 Å². The molecule has 6 nitrogen and oxygen atoms in total. The molecule has 0 unspecified atom stereocenters. The van der Waals surface area contributed by atoms with Crippen LogP contribution in [0.3, 0.4) is 0 Å². The Morgan fingerprint density at radius 2 is 1.50 bits per heavy atom. The Kier molecular flexibility index (Phi) is 7.19. The Bertz CT molecular complexity index is 769. The first-order valence-electron chi connectivity index (χ1n) is 10.9. The van der Waals surface area contributed by atoms with Crippen LogP contribution in [0.25, 0.3) is 0 Å². The zero-order chi connectivity index (χ0) is 21.1. The Morgan fingerprint density at radius 3 is 2.13 bits per heavy atom. The zero-order valence-corrected chi connectivity index (χ0v) is 18.7. The third-order valence-electron chi connectivity index (χ3n) is 6.64. The number of likely N-dealkylation sites (tertiary alicyclic amines) is 2. The van der Waals surface area contributed by atoms with E-state index in [-0.39, 0.29) is 11.8 Å². The lowest BCUT2D eigenvalue weighted by atomic mass is 9.92. The Labute approximate surface area is 188 Å². The number of carbonyl (C=O) groups excluding carboxylic acids is 2. The first-order chi connectivity index (χ1) is 14.5. The summed E-state index contributed by atoms with van der Waals surface area (Å²) < 4.78 is 5.36. The van der Waals surface area contributed by atoms with Crippen LogP contribution in [-0.4, -0.2) is 85.0 Å². The number of ether oxygens (including phenoxy) is 1. The van der Waals surface area contributed by atoms with Gasteiger partial charge in [-0.05, 0) is 57.0 Å². The highest BCUT2D eigenvalue weighted by molar-refractivity contribution is 6.42. The summed E-state index contributed by atoms with van der Waals surface area (Å²) in [6, 6.07) is 5.54. The van der Waals surface area contributed by atoms with Crippen molar-refractivity contribution in [3.63, 3.8) is 0 Å². The minimum Gasteiger partial charge on any atom is -0.378 e. The lowest BCUT2D eigenvalue weighted by Gasteiger charge is -2.42. The molecule has 0 radical (unpaired) electrons. The van der Waals surface area contributed by atoms with E-state index >= 15 is 0 Å². The molecule has 164 valence electrons. The van der Waals surface area contributed by atoms with Crippen LogP contribution in [0.1, 0.15) is 36.0 Å². The van der Waals surface area contributed by atoms with Crippen LogP contribution in [0, 0.1) is 5.92 Å². The van der Waals surface area contributed by atoms with Gasteiger partial charge < -0.3 is 19.4 Å². The molecule has 0 aromatic heterocycles. The van der Waals surface area contributed by atoms with Crippen molar-refractivity contribution in [3.05, 3.63) is 33.8 Å². The number of hydrogen-bond acceptors (Lipinski definition) is 4. The molecule has 1 aromatic rings. The standard InChI is InChI=1S/C22H29Cl2N3O3/c23-19-2-1-17(15-20(19)24)22(29)26-9-5-18(6-10-26)25-7-3-16(4-8-25)21(28)27-11-13-30-14-12-27/h1-2,15-16,18H,3-14H2. The summed E-state index contributed by atoms with van der Waals surface area (Å²) in [5.41, 5.74) is 0.588. The van der Waals surface area contributed by atoms with Gasteiger partial charge in [-0.2, -0.15) is 0 Å². The average molecular weight is 454 g/mol. The van der Waals surface area contributed by atoms with E-state index in [2.05, 4.69) is 4.90 Å². The summed E-state index contributed by atoms with van der Waals surface area (Å²) in [5.74, 6) is 0.470. The van der Waals surface area contributed by atoms with Gasteiger partial charge >= 0.3 is 0 Å². The van der Waals surface area contributed by atoms with Gasteiger partial charge in [0.15, 0.2) is 0 Å². The van der Waals surface area contributed by atoms with E-state index in [1.807, 2.05) is 9.80 Å². The molecule has 30 heavy (non-hydrogen) atoms. The van der Waals surface area contributed by atoms with Crippen LogP contribution < -0.4 is 0 Å². The Morgan fingerprint density at radius 1 is 0.833 bits per heavy atom. The fourth-order valence-corrected chi connectivity index (χ4v) is 5.10. The third-order valence-corrected chi connectivity index (χ3v) is 7.38. The summed E-state index contributed by atoms with van der Waals surface area (Å²) >= 11 is 12.0. The summed E-state index contributed by atoms with van der Waals surface area (Å²) in [4.78, 5) is 31.9. The van der Waals surface area contributed by atoms with E-state index < -0.39 is 0 Å². The van der Waals surface area contributed by atoms with Crippen molar-refractivity contribution in [1.82, 2.24) is 14.7 Å². The van der Waals surface area contributed by atoms with Crippen molar-refractivity contribution in [2.24, 2.45) is 5.92 Å². The highest BCUT2D eigenvalue weighted by atomic mass is 35.5. The van der Waals surface area contributed by atoms with Gasteiger partial charge in [0.1, 0.15) is 0 Å². The van der Waals surface area contributed by atoms with E-state index in [4.69, 9.17) is 27.9 Å². The maximum absolute atomic E-state index is 12.8. The van der Waals surface area contributed by atoms with Crippen molar-refractivity contribution >= 4 is 35.0 Å². The molecule has 0 saturated carbocycles. The van der Waals surface area contributed by atoms with Crippen molar-refractivity contribution in [2.45, 2.75) is 31.7 Å². The molecule has 3 aliphatic heterocycles. The summed E-state index contributed by atoms with van der Waals surface area (Å²) in [7, 11) is 0. The molecule has 2 amide bonds. The minimum atomic E-state index is 0.0156.